The summed E-state index contributed by atoms with van der Waals surface area (Å²) in [4.78, 5) is 25.6. The van der Waals surface area contributed by atoms with Gasteiger partial charge in [-0.2, -0.15) is 8.78 Å². The average Bonchev–Trinajstić information content (AvgIpc) is 3.25. The van der Waals surface area contributed by atoms with Gasteiger partial charge in [0.05, 0.1) is 6.04 Å². The van der Waals surface area contributed by atoms with Crippen LogP contribution in [0, 0.1) is 6.92 Å². The van der Waals surface area contributed by atoms with E-state index in [1.54, 1.807) is 0 Å². The zero-order chi connectivity index (χ0) is 21.5. The number of halogens is 2. The fraction of sp³-hybridized carbons (Fsp3) is 0.182. The Morgan fingerprint density at radius 1 is 1.03 bits per heavy atom. The summed E-state index contributed by atoms with van der Waals surface area (Å²) in [6.45, 7) is -1.67. The highest BCUT2D eigenvalue weighted by Gasteiger charge is 2.21. The lowest BCUT2D eigenvalue weighted by Gasteiger charge is -2.18. The van der Waals surface area contributed by atoms with E-state index in [2.05, 4.69) is 10.1 Å². The van der Waals surface area contributed by atoms with Crippen LogP contribution in [0.5, 0.6) is 5.75 Å². The minimum Gasteiger partial charge on any atom is -0.452 e. The lowest BCUT2D eigenvalue weighted by molar-refractivity contribution is -0.124. The first-order valence-corrected chi connectivity index (χ1v) is 9.92. The van der Waals surface area contributed by atoms with Gasteiger partial charge in [0.25, 0.3) is 5.91 Å². The molecule has 8 heteroatoms. The third-order valence-corrected chi connectivity index (χ3v) is 5.14. The van der Waals surface area contributed by atoms with Crippen molar-refractivity contribution in [3.63, 3.8) is 0 Å². The molecule has 1 unspecified atom stereocenters. The highest BCUT2D eigenvalue weighted by molar-refractivity contribution is 7.10. The van der Waals surface area contributed by atoms with Crippen LogP contribution in [0.4, 0.5) is 8.78 Å². The van der Waals surface area contributed by atoms with E-state index in [0.29, 0.717) is 0 Å². The molecule has 156 valence electrons. The second-order valence-electron chi connectivity index (χ2n) is 6.38. The number of thiophene rings is 1. The van der Waals surface area contributed by atoms with Crippen molar-refractivity contribution in [1.29, 1.82) is 0 Å². The lowest BCUT2D eigenvalue weighted by atomic mass is 10.0. The van der Waals surface area contributed by atoms with Gasteiger partial charge < -0.3 is 14.8 Å². The Kier molecular flexibility index (Phi) is 7.13. The molecule has 0 aliphatic heterocycles. The molecule has 1 amide bonds. The fourth-order valence-electron chi connectivity index (χ4n) is 2.78. The summed E-state index contributed by atoms with van der Waals surface area (Å²) in [6.07, 6.45) is 0. The van der Waals surface area contributed by atoms with Crippen LogP contribution < -0.4 is 10.1 Å². The van der Waals surface area contributed by atoms with Gasteiger partial charge in [0.2, 0.25) is 0 Å². The molecule has 0 aliphatic carbocycles. The van der Waals surface area contributed by atoms with Crippen LogP contribution in [0.2, 0.25) is 0 Å². The molecule has 1 aromatic heterocycles. The Labute approximate surface area is 176 Å². The number of hydrogen-bond donors (Lipinski definition) is 1. The van der Waals surface area contributed by atoms with Crippen molar-refractivity contribution in [3.8, 4) is 5.75 Å². The molecule has 0 bridgehead atoms. The molecule has 5 nitrogen and oxygen atoms in total. The number of esters is 1. The van der Waals surface area contributed by atoms with E-state index in [0.717, 1.165) is 16.0 Å². The molecule has 0 aliphatic rings. The van der Waals surface area contributed by atoms with E-state index in [9.17, 15) is 18.4 Å². The van der Waals surface area contributed by atoms with Gasteiger partial charge >= 0.3 is 12.6 Å². The summed E-state index contributed by atoms with van der Waals surface area (Å²) in [5.74, 6) is -1.76. The van der Waals surface area contributed by atoms with E-state index < -0.39 is 31.1 Å². The van der Waals surface area contributed by atoms with E-state index >= 15 is 0 Å². The van der Waals surface area contributed by atoms with Crippen molar-refractivity contribution < 1.29 is 27.8 Å². The Hall–Kier alpha value is -3.26. The minimum atomic E-state index is -3.08. The molecule has 1 N–H and O–H groups in total. The highest BCUT2D eigenvalue weighted by atomic mass is 32.1. The van der Waals surface area contributed by atoms with Gasteiger partial charge in [-0.25, -0.2) is 4.79 Å². The molecule has 3 rings (SSSR count). The average molecular weight is 431 g/mol. The zero-order valence-electron chi connectivity index (χ0n) is 16.0. The van der Waals surface area contributed by atoms with Crippen LogP contribution in [0.3, 0.4) is 0 Å². The van der Waals surface area contributed by atoms with Crippen molar-refractivity contribution >= 4 is 23.2 Å². The second-order valence-corrected chi connectivity index (χ2v) is 7.36. The van der Waals surface area contributed by atoms with Crippen molar-refractivity contribution in [2.24, 2.45) is 0 Å². The standard InChI is InChI=1S/C22H19F2NO4S/c1-14-8-10-15(11-9-14)20(18-7-4-12-30-18)25-19(26)13-28-21(27)16-5-2-3-6-17(16)29-22(23)24/h2-12,20,22H,13H2,1H3,(H,25,26). The van der Waals surface area contributed by atoms with Gasteiger partial charge in [0.1, 0.15) is 11.3 Å². The molecule has 0 saturated carbocycles. The van der Waals surface area contributed by atoms with Crippen molar-refractivity contribution in [1.82, 2.24) is 5.32 Å². The lowest BCUT2D eigenvalue weighted by Crippen LogP contribution is -2.32. The highest BCUT2D eigenvalue weighted by Crippen LogP contribution is 2.26. The molecule has 0 spiro atoms. The number of amides is 1. The summed E-state index contributed by atoms with van der Waals surface area (Å²) in [6, 6.07) is 16.6. The van der Waals surface area contributed by atoms with Gasteiger partial charge in [-0.15, -0.1) is 11.3 Å². The first-order valence-electron chi connectivity index (χ1n) is 9.04. The summed E-state index contributed by atoms with van der Waals surface area (Å²) in [5, 5.41) is 4.76. The molecule has 0 saturated heterocycles. The van der Waals surface area contributed by atoms with E-state index in [4.69, 9.17) is 4.74 Å². The van der Waals surface area contributed by atoms with Crippen LogP contribution >= 0.6 is 11.3 Å². The molecular weight excluding hydrogens is 412 g/mol. The second kappa shape index (κ2) is 9.98. The molecule has 30 heavy (non-hydrogen) atoms. The molecule has 0 radical (unpaired) electrons. The number of hydrogen-bond acceptors (Lipinski definition) is 5. The fourth-order valence-corrected chi connectivity index (χ4v) is 3.58. The van der Waals surface area contributed by atoms with Crippen LogP contribution in [0.25, 0.3) is 0 Å². The maximum Gasteiger partial charge on any atom is 0.387 e. The van der Waals surface area contributed by atoms with Gasteiger partial charge in [0.15, 0.2) is 6.61 Å². The monoisotopic (exact) mass is 431 g/mol. The number of ether oxygens (including phenoxy) is 2. The summed E-state index contributed by atoms with van der Waals surface area (Å²) < 4.78 is 34.3. The summed E-state index contributed by atoms with van der Waals surface area (Å²) in [5.41, 5.74) is 1.80. The van der Waals surface area contributed by atoms with Gasteiger partial charge in [-0.3, -0.25) is 4.79 Å². The summed E-state index contributed by atoms with van der Waals surface area (Å²) >= 11 is 1.49. The van der Waals surface area contributed by atoms with E-state index in [1.807, 2.05) is 48.7 Å². The van der Waals surface area contributed by atoms with E-state index in [1.165, 1.54) is 35.6 Å². The van der Waals surface area contributed by atoms with E-state index in [-0.39, 0.29) is 11.3 Å². The number of benzene rings is 2. The topological polar surface area (TPSA) is 64.6 Å². The predicted molar refractivity (Wildman–Crippen MR) is 109 cm³/mol. The maximum atomic E-state index is 12.5. The third-order valence-electron chi connectivity index (χ3n) is 4.20. The zero-order valence-corrected chi connectivity index (χ0v) is 16.8. The normalized spacial score (nSPS) is 11.7. The van der Waals surface area contributed by atoms with Crippen LogP contribution in [0.15, 0.2) is 66.0 Å². The Morgan fingerprint density at radius 2 is 1.77 bits per heavy atom. The Balaban J connectivity index is 1.66. The number of para-hydroxylation sites is 1. The smallest absolute Gasteiger partial charge is 0.387 e. The number of alkyl halides is 2. The van der Waals surface area contributed by atoms with Crippen molar-refractivity contribution in [2.75, 3.05) is 6.61 Å². The largest absolute Gasteiger partial charge is 0.452 e. The Morgan fingerprint density at radius 3 is 2.43 bits per heavy atom. The quantitative estimate of drug-likeness (QED) is 0.524. The number of carbonyl (C=O) groups is 2. The van der Waals surface area contributed by atoms with Crippen molar-refractivity contribution in [3.05, 3.63) is 87.6 Å². The number of nitrogens with one attached hydrogen (secondary N) is 1. The molecule has 3 aromatic rings. The number of carbonyl (C=O) groups excluding carboxylic acids is 2. The van der Waals surface area contributed by atoms with Gasteiger partial charge in [-0.1, -0.05) is 48.0 Å². The first kappa shape index (κ1) is 21.4. The SMILES string of the molecule is Cc1ccc(C(NC(=O)COC(=O)c2ccccc2OC(F)F)c2cccs2)cc1. The molecule has 1 atom stereocenters. The first-order chi connectivity index (χ1) is 14.4. The number of rotatable bonds is 8. The van der Waals surface area contributed by atoms with Crippen LogP contribution in [0.1, 0.15) is 32.4 Å². The molecular formula is C22H19F2NO4S. The van der Waals surface area contributed by atoms with Crippen LogP contribution in [-0.2, 0) is 9.53 Å². The Bertz CT molecular complexity index is 991. The maximum absolute atomic E-state index is 12.5. The van der Waals surface area contributed by atoms with Gasteiger partial charge in [-0.05, 0) is 36.1 Å². The van der Waals surface area contributed by atoms with Crippen LogP contribution in [-0.4, -0.2) is 25.1 Å². The minimum absolute atomic E-state index is 0.182. The number of aryl methyl sites for hydroxylation is 1. The predicted octanol–water partition coefficient (Wildman–Crippen LogP) is 4.72. The van der Waals surface area contributed by atoms with Crippen molar-refractivity contribution in [2.45, 2.75) is 19.6 Å². The van der Waals surface area contributed by atoms with Gasteiger partial charge in [0, 0.05) is 4.88 Å². The molecule has 1 heterocycles. The third kappa shape index (κ3) is 5.64. The molecule has 0 fully saturated rings. The molecule has 2 aromatic carbocycles. The summed E-state index contributed by atoms with van der Waals surface area (Å²) in [7, 11) is 0.